The molecule has 0 radical (unpaired) electrons. The molecular formula is C19H23ClN2O3. The fraction of sp³-hybridized carbons (Fsp3) is 0.316. The van der Waals surface area contributed by atoms with Crippen molar-refractivity contribution < 1.29 is 14.3 Å². The molecule has 0 aliphatic carbocycles. The number of carbonyl (C=O) groups excluding carboxylic acids is 1. The second-order valence-corrected chi connectivity index (χ2v) is 6.05. The lowest BCUT2D eigenvalue weighted by Crippen LogP contribution is -2.32. The molecule has 0 bridgehead atoms. The smallest absolute Gasteiger partial charge is 0.253 e. The van der Waals surface area contributed by atoms with Gasteiger partial charge < -0.3 is 19.7 Å². The third-order valence-corrected chi connectivity index (χ3v) is 4.01. The van der Waals surface area contributed by atoms with Crippen LogP contribution in [0.5, 0.6) is 11.5 Å². The molecule has 2 aromatic carbocycles. The van der Waals surface area contributed by atoms with E-state index in [2.05, 4.69) is 5.32 Å². The SMILES string of the molecule is CNCCN(C)C(=O)c1ccc(OCc2ccc(Cl)cc2)c(OC)c1. The van der Waals surface area contributed by atoms with Gasteiger partial charge in [-0.1, -0.05) is 23.7 Å². The summed E-state index contributed by atoms with van der Waals surface area (Å²) in [6.07, 6.45) is 0. The minimum Gasteiger partial charge on any atom is -0.493 e. The Morgan fingerprint density at radius 2 is 1.88 bits per heavy atom. The van der Waals surface area contributed by atoms with Gasteiger partial charge in [0.1, 0.15) is 6.61 Å². The molecule has 0 saturated carbocycles. The van der Waals surface area contributed by atoms with E-state index in [4.69, 9.17) is 21.1 Å². The van der Waals surface area contributed by atoms with Gasteiger partial charge in [-0.25, -0.2) is 0 Å². The lowest BCUT2D eigenvalue weighted by Gasteiger charge is -2.18. The summed E-state index contributed by atoms with van der Waals surface area (Å²) < 4.78 is 11.2. The lowest BCUT2D eigenvalue weighted by molar-refractivity contribution is 0.0796. The summed E-state index contributed by atoms with van der Waals surface area (Å²) in [5.74, 6) is 1.06. The van der Waals surface area contributed by atoms with Crippen LogP contribution in [0.1, 0.15) is 15.9 Å². The van der Waals surface area contributed by atoms with Crippen LogP contribution in [0.15, 0.2) is 42.5 Å². The van der Waals surface area contributed by atoms with Gasteiger partial charge in [0.15, 0.2) is 11.5 Å². The van der Waals surface area contributed by atoms with E-state index < -0.39 is 0 Å². The number of amides is 1. The predicted octanol–water partition coefficient (Wildman–Crippen LogP) is 3.22. The number of nitrogens with one attached hydrogen (secondary N) is 1. The molecule has 0 fully saturated rings. The van der Waals surface area contributed by atoms with E-state index in [0.717, 1.165) is 12.1 Å². The van der Waals surface area contributed by atoms with Gasteiger partial charge in [-0.15, -0.1) is 0 Å². The first kappa shape index (κ1) is 19.1. The molecule has 0 heterocycles. The third-order valence-electron chi connectivity index (χ3n) is 3.76. The number of hydrogen-bond acceptors (Lipinski definition) is 4. The van der Waals surface area contributed by atoms with Crippen LogP contribution in [-0.4, -0.2) is 45.1 Å². The number of methoxy groups -OCH3 is 1. The highest BCUT2D eigenvalue weighted by Gasteiger charge is 2.14. The highest BCUT2D eigenvalue weighted by molar-refractivity contribution is 6.30. The quantitative estimate of drug-likeness (QED) is 0.783. The molecule has 0 aliphatic rings. The Labute approximate surface area is 153 Å². The van der Waals surface area contributed by atoms with Gasteiger partial charge >= 0.3 is 0 Å². The van der Waals surface area contributed by atoms with Crippen LogP contribution in [0.2, 0.25) is 5.02 Å². The van der Waals surface area contributed by atoms with Crippen LogP contribution in [0.3, 0.4) is 0 Å². The number of ether oxygens (including phenoxy) is 2. The van der Waals surface area contributed by atoms with Crippen LogP contribution >= 0.6 is 11.6 Å². The fourth-order valence-corrected chi connectivity index (χ4v) is 2.39. The molecule has 1 amide bonds. The summed E-state index contributed by atoms with van der Waals surface area (Å²) in [4.78, 5) is 14.1. The Kier molecular flexibility index (Phi) is 7.10. The van der Waals surface area contributed by atoms with E-state index in [9.17, 15) is 4.79 Å². The van der Waals surface area contributed by atoms with Gasteiger partial charge in [-0.3, -0.25) is 4.79 Å². The maximum atomic E-state index is 12.4. The van der Waals surface area contributed by atoms with Crippen molar-refractivity contribution in [1.82, 2.24) is 10.2 Å². The Morgan fingerprint density at radius 3 is 2.52 bits per heavy atom. The van der Waals surface area contributed by atoms with Gasteiger partial charge in [0.05, 0.1) is 7.11 Å². The summed E-state index contributed by atoms with van der Waals surface area (Å²) in [6.45, 7) is 1.76. The van der Waals surface area contributed by atoms with Crippen LogP contribution in [0.4, 0.5) is 0 Å². The molecular weight excluding hydrogens is 340 g/mol. The summed E-state index contributed by atoms with van der Waals surface area (Å²) in [5, 5.41) is 3.71. The minimum absolute atomic E-state index is 0.0576. The fourth-order valence-electron chi connectivity index (χ4n) is 2.26. The van der Waals surface area contributed by atoms with Crippen molar-refractivity contribution in [2.24, 2.45) is 0 Å². The molecule has 2 aromatic rings. The molecule has 0 aliphatic heterocycles. The normalized spacial score (nSPS) is 10.4. The zero-order valence-corrected chi connectivity index (χ0v) is 15.5. The first-order valence-electron chi connectivity index (χ1n) is 8.00. The number of likely N-dealkylation sites (N-methyl/N-ethyl adjacent to an activating group) is 2. The average Bonchev–Trinajstić information content (AvgIpc) is 2.64. The number of benzene rings is 2. The van der Waals surface area contributed by atoms with Crippen molar-refractivity contribution in [1.29, 1.82) is 0 Å². The number of carbonyl (C=O) groups is 1. The first-order chi connectivity index (χ1) is 12.0. The van der Waals surface area contributed by atoms with Crippen molar-refractivity contribution in [2.45, 2.75) is 6.61 Å². The third kappa shape index (κ3) is 5.37. The number of rotatable bonds is 8. The highest BCUT2D eigenvalue weighted by Crippen LogP contribution is 2.29. The van der Waals surface area contributed by atoms with Crippen LogP contribution in [0, 0.1) is 0 Å². The van der Waals surface area contributed by atoms with E-state index in [1.807, 2.05) is 31.3 Å². The van der Waals surface area contributed by atoms with Crippen molar-refractivity contribution in [3.63, 3.8) is 0 Å². The summed E-state index contributed by atoms with van der Waals surface area (Å²) in [7, 11) is 5.19. The largest absolute Gasteiger partial charge is 0.493 e. The van der Waals surface area contributed by atoms with E-state index in [0.29, 0.717) is 35.2 Å². The molecule has 25 heavy (non-hydrogen) atoms. The molecule has 5 nitrogen and oxygen atoms in total. The molecule has 0 atom stereocenters. The Bertz CT molecular complexity index is 704. The summed E-state index contributed by atoms with van der Waals surface area (Å²) in [6, 6.07) is 12.7. The van der Waals surface area contributed by atoms with Gasteiger partial charge in [-0.2, -0.15) is 0 Å². The topological polar surface area (TPSA) is 50.8 Å². The molecule has 0 unspecified atom stereocenters. The zero-order chi connectivity index (χ0) is 18.2. The molecule has 0 spiro atoms. The van der Waals surface area contributed by atoms with Crippen LogP contribution in [-0.2, 0) is 6.61 Å². The molecule has 134 valence electrons. The van der Waals surface area contributed by atoms with Crippen LogP contribution < -0.4 is 14.8 Å². The van der Waals surface area contributed by atoms with Crippen molar-refractivity contribution in [2.75, 3.05) is 34.3 Å². The standard InChI is InChI=1S/C19H23ClN2O3/c1-21-10-11-22(2)19(23)15-6-9-17(18(12-15)24-3)25-13-14-4-7-16(20)8-5-14/h4-9,12,21H,10-11,13H2,1-3H3. The maximum Gasteiger partial charge on any atom is 0.253 e. The average molecular weight is 363 g/mol. The summed E-state index contributed by atoms with van der Waals surface area (Å²) >= 11 is 5.88. The number of nitrogens with zero attached hydrogens (tertiary/aromatic N) is 1. The molecule has 2 rings (SSSR count). The summed E-state index contributed by atoms with van der Waals surface area (Å²) in [5.41, 5.74) is 1.56. The van der Waals surface area contributed by atoms with Gasteiger partial charge in [-0.05, 0) is 42.9 Å². The Balaban J connectivity index is 2.07. The van der Waals surface area contributed by atoms with Gasteiger partial charge in [0, 0.05) is 30.7 Å². The van der Waals surface area contributed by atoms with Crippen molar-refractivity contribution in [3.05, 3.63) is 58.6 Å². The Morgan fingerprint density at radius 1 is 1.16 bits per heavy atom. The zero-order valence-electron chi connectivity index (χ0n) is 14.7. The monoisotopic (exact) mass is 362 g/mol. The predicted molar refractivity (Wildman–Crippen MR) is 99.7 cm³/mol. The molecule has 1 N–H and O–H groups in total. The van der Waals surface area contributed by atoms with E-state index in [1.54, 1.807) is 37.3 Å². The molecule has 6 heteroatoms. The Hall–Kier alpha value is -2.24. The van der Waals surface area contributed by atoms with Crippen molar-refractivity contribution >= 4 is 17.5 Å². The minimum atomic E-state index is -0.0576. The number of halogens is 1. The second kappa shape index (κ2) is 9.30. The second-order valence-electron chi connectivity index (χ2n) is 5.61. The lowest BCUT2D eigenvalue weighted by atomic mass is 10.1. The first-order valence-corrected chi connectivity index (χ1v) is 8.38. The van der Waals surface area contributed by atoms with E-state index >= 15 is 0 Å². The maximum absolute atomic E-state index is 12.4. The van der Waals surface area contributed by atoms with E-state index in [-0.39, 0.29) is 5.91 Å². The van der Waals surface area contributed by atoms with Crippen molar-refractivity contribution in [3.8, 4) is 11.5 Å². The van der Waals surface area contributed by atoms with Gasteiger partial charge in [0.2, 0.25) is 0 Å². The van der Waals surface area contributed by atoms with Gasteiger partial charge in [0.25, 0.3) is 5.91 Å². The van der Waals surface area contributed by atoms with Crippen LogP contribution in [0.25, 0.3) is 0 Å². The number of hydrogen-bond donors (Lipinski definition) is 1. The molecule has 0 saturated heterocycles. The highest BCUT2D eigenvalue weighted by atomic mass is 35.5. The van der Waals surface area contributed by atoms with E-state index in [1.165, 1.54) is 0 Å². The molecule has 0 aromatic heterocycles.